The van der Waals surface area contributed by atoms with Crippen LogP contribution in [0.25, 0.3) is 0 Å². The van der Waals surface area contributed by atoms with Gasteiger partial charge in [-0.05, 0) is 0 Å². The Morgan fingerprint density at radius 2 is 1.12 bits per heavy atom. The topological polar surface area (TPSA) is 0 Å². The number of hydrogen-bond acceptors (Lipinski definition) is 0. The monoisotopic (exact) mass is 438 g/mol. The molecule has 0 fully saturated rings. The minimum atomic E-state index is -2.03. The van der Waals surface area contributed by atoms with Gasteiger partial charge in [-0.1, -0.05) is 0 Å². The Labute approximate surface area is 156 Å². The molecule has 1 aromatic rings. The second-order valence-corrected chi connectivity index (χ2v) is 22.8. The first kappa shape index (κ1) is 22.1. The van der Waals surface area contributed by atoms with Crippen molar-refractivity contribution in [2.75, 3.05) is 0 Å². The summed E-state index contributed by atoms with van der Waals surface area (Å²) in [6.45, 7) is 14.1. The molecule has 0 saturated carbocycles. The van der Waals surface area contributed by atoms with Crippen molar-refractivity contribution in [2.24, 2.45) is 0 Å². The predicted molar refractivity (Wildman–Crippen MR) is 114 cm³/mol. The zero-order valence-corrected chi connectivity index (χ0v) is 20.2. The minimum absolute atomic E-state index is 0.269. The average Bonchev–Trinajstić information content (AvgIpc) is 2.56. The molecular formula is C23H42Sn. The molecule has 0 unspecified atom stereocenters. The summed E-state index contributed by atoms with van der Waals surface area (Å²) in [5.41, 5.74) is 3.38. The van der Waals surface area contributed by atoms with E-state index in [1.165, 1.54) is 48.5 Å². The summed E-state index contributed by atoms with van der Waals surface area (Å²) in [6.07, 6.45) is 8.55. The van der Waals surface area contributed by atoms with Gasteiger partial charge in [0.1, 0.15) is 0 Å². The SMILES string of the molecule is CCC[CH2][Sn]([CH2]CCC)([CH2]CCC)[CH2]c1ccc(C(C)(C)C)cc1. The molecule has 0 aliphatic rings. The number of rotatable bonds is 11. The quantitative estimate of drug-likeness (QED) is 0.309. The summed E-state index contributed by atoms with van der Waals surface area (Å²) in [4.78, 5) is 0. The van der Waals surface area contributed by atoms with Crippen LogP contribution >= 0.6 is 0 Å². The molecule has 0 aliphatic heterocycles. The third kappa shape index (κ3) is 7.50. The van der Waals surface area contributed by atoms with Crippen molar-refractivity contribution >= 4 is 18.4 Å². The number of benzene rings is 1. The summed E-state index contributed by atoms with van der Waals surface area (Å²) in [5, 5.41) is 0. The fourth-order valence-electron chi connectivity index (χ4n) is 3.85. The first-order valence-corrected chi connectivity index (χ1v) is 18.5. The normalized spacial score (nSPS) is 12.6. The van der Waals surface area contributed by atoms with Gasteiger partial charge in [0.05, 0.1) is 0 Å². The van der Waals surface area contributed by atoms with E-state index in [2.05, 4.69) is 65.8 Å². The molecule has 1 rings (SSSR count). The predicted octanol–water partition coefficient (Wildman–Crippen LogP) is 7.91. The summed E-state index contributed by atoms with van der Waals surface area (Å²) >= 11 is -2.03. The van der Waals surface area contributed by atoms with E-state index in [0.717, 1.165) is 0 Å². The van der Waals surface area contributed by atoms with Gasteiger partial charge in [-0.15, -0.1) is 0 Å². The van der Waals surface area contributed by atoms with Crippen LogP contribution in [-0.4, -0.2) is 18.4 Å². The number of hydrogen-bond donors (Lipinski definition) is 0. The van der Waals surface area contributed by atoms with E-state index >= 15 is 0 Å². The first-order chi connectivity index (χ1) is 11.4. The van der Waals surface area contributed by atoms with Crippen molar-refractivity contribution in [3.8, 4) is 0 Å². The Bertz CT molecular complexity index is 416. The van der Waals surface area contributed by atoms with E-state index in [4.69, 9.17) is 0 Å². The molecule has 0 atom stereocenters. The molecule has 0 bridgehead atoms. The van der Waals surface area contributed by atoms with Crippen molar-refractivity contribution in [1.29, 1.82) is 0 Å². The van der Waals surface area contributed by atoms with Gasteiger partial charge in [-0.25, -0.2) is 0 Å². The standard InChI is InChI=1S/C11H15.3C4H9.Sn/c1-9-5-7-10(8-6-9)11(2,3)4;3*1-3-4-2;/h5-8H,1H2,2-4H3;3*1,3-4H2,2H3;. The Balaban J connectivity index is 2.95. The molecule has 0 aliphatic carbocycles. The van der Waals surface area contributed by atoms with Crippen LogP contribution in [0.15, 0.2) is 24.3 Å². The van der Waals surface area contributed by atoms with E-state index < -0.39 is 18.4 Å². The maximum atomic E-state index is 2.45. The molecule has 0 N–H and O–H groups in total. The fourth-order valence-corrected chi connectivity index (χ4v) is 20.1. The second kappa shape index (κ2) is 10.9. The molecular weight excluding hydrogens is 395 g/mol. The first-order valence-electron chi connectivity index (χ1n) is 10.5. The van der Waals surface area contributed by atoms with Gasteiger partial charge in [0.25, 0.3) is 0 Å². The van der Waals surface area contributed by atoms with Crippen molar-refractivity contribution in [3.63, 3.8) is 0 Å². The van der Waals surface area contributed by atoms with Gasteiger partial charge in [0, 0.05) is 0 Å². The molecule has 0 amide bonds. The molecule has 0 aromatic heterocycles. The Kier molecular flexibility index (Phi) is 10.0. The van der Waals surface area contributed by atoms with Crippen molar-refractivity contribution in [3.05, 3.63) is 35.4 Å². The van der Waals surface area contributed by atoms with Crippen molar-refractivity contribution in [1.82, 2.24) is 0 Å². The Morgan fingerprint density at radius 1 is 0.708 bits per heavy atom. The van der Waals surface area contributed by atoms with Crippen LogP contribution in [0.5, 0.6) is 0 Å². The van der Waals surface area contributed by atoms with E-state index in [-0.39, 0.29) is 5.41 Å². The van der Waals surface area contributed by atoms with E-state index in [9.17, 15) is 0 Å². The van der Waals surface area contributed by atoms with Crippen LogP contribution in [-0.2, 0) is 9.85 Å². The van der Waals surface area contributed by atoms with Gasteiger partial charge in [-0.3, -0.25) is 0 Å². The summed E-state index contributed by atoms with van der Waals surface area (Å²) < 4.78 is 6.34. The number of unbranched alkanes of at least 4 members (excludes halogenated alkanes) is 3. The van der Waals surface area contributed by atoms with Gasteiger partial charge in [-0.2, -0.15) is 0 Å². The van der Waals surface area contributed by atoms with Gasteiger partial charge >= 0.3 is 157 Å². The summed E-state index contributed by atoms with van der Waals surface area (Å²) in [5.74, 6) is 0. The van der Waals surface area contributed by atoms with Crippen LogP contribution in [0.4, 0.5) is 0 Å². The van der Waals surface area contributed by atoms with Crippen LogP contribution in [0.2, 0.25) is 13.3 Å². The molecule has 0 radical (unpaired) electrons. The zero-order valence-electron chi connectivity index (χ0n) is 17.4. The van der Waals surface area contributed by atoms with Gasteiger partial charge in [0.15, 0.2) is 0 Å². The van der Waals surface area contributed by atoms with E-state index in [1.807, 2.05) is 0 Å². The third-order valence-electron chi connectivity index (χ3n) is 5.58. The second-order valence-electron chi connectivity index (χ2n) is 8.93. The van der Waals surface area contributed by atoms with Crippen molar-refractivity contribution in [2.45, 2.75) is 103 Å². The van der Waals surface area contributed by atoms with Crippen LogP contribution in [0, 0.1) is 0 Å². The zero-order chi connectivity index (χ0) is 18.1. The van der Waals surface area contributed by atoms with Crippen LogP contribution in [0.1, 0.15) is 91.2 Å². The van der Waals surface area contributed by atoms with Crippen LogP contribution in [0.3, 0.4) is 0 Å². The molecule has 1 aromatic carbocycles. The van der Waals surface area contributed by atoms with Crippen LogP contribution < -0.4 is 0 Å². The molecule has 1 heteroatoms. The van der Waals surface area contributed by atoms with Gasteiger partial charge in [0.2, 0.25) is 0 Å². The molecule has 0 spiro atoms. The van der Waals surface area contributed by atoms with E-state index in [0.29, 0.717) is 0 Å². The summed E-state index contributed by atoms with van der Waals surface area (Å²) in [7, 11) is 0. The van der Waals surface area contributed by atoms with E-state index in [1.54, 1.807) is 18.9 Å². The van der Waals surface area contributed by atoms with Crippen molar-refractivity contribution < 1.29 is 0 Å². The average molecular weight is 437 g/mol. The molecule has 0 heterocycles. The maximum absolute atomic E-state index is 2.45. The Morgan fingerprint density at radius 3 is 1.46 bits per heavy atom. The third-order valence-corrected chi connectivity index (χ3v) is 21.0. The molecule has 138 valence electrons. The fraction of sp³-hybridized carbons (Fsp3) is 0.739. The molecule has 0 saturated heterocycles. The van der Waals surface area contributed by atoms with Gasteiger partial charge < -0.3 is 0 Å². The summed E-state index contributed by atoms with van der Waals surface area (Å²) in [6, 6.07) is 9.70. The molecule has 24 heavy (non-hydrogen) atoms. The Hall–Kier alpha value is 0.0187. The molecule has 0 nitrogen and oxygen atoms in total.